The number of hydrogen-bond acceptors (Lipinski definition) is 5. The molecule has 0 spiro atoms. The van der Waals surface area contributed by atoms with Gasteiger partial charge in [-0.3, -0.25) is 19.9 Å². The van der Waals surface area contributed by atoms with E-state index in [0.717, 1.165) is 11.6 Å². The minimum absolute atomic E-state index is 0.0637. The molecule has 0 fully saturated rings. The third-order valence-corrected chi connectivity index (χ3v) is 3.50. The second-order valence-corrected chi connectivity index (χ2v) is 5.35. The lowest BCUT2D eigenvalue weighted by Gasteiger charge is -2.21. The normalized spacial score (nSPS) is 10.0. The first-order valence-electron chi connectivity index (χ1n) is 7.02. The molecule has 2 aromatic rings. The highest BCUT2D eigenvalue weighted by Gasteiger charge is 2.25. The lowest BCUT2D eigenvalue weighted by Crippen LogP contribution is -2.32. The van der Waals surface area contributed by atoms with Crippen molar-refractivity contribution in [2.75, 3.05) is 6.54 Å². The van der Waals surface area contributed by atoms with Crippen LogP contribution >= 0.6 is 11.6 Å². The summed E-state index contributed by atoms with van der Waals surface area (Å²) in [5.74, 6) is -0.530. The van der Waals surface area contributed by atoms with Crippen LogP contribution in [0.15, 0.2) is 42.7 Å². The van der Waals surface area contributed by atoms with Crippen molar-refractivity contribution in [1.29, 1.82) is 5.26 Å². The fraction of sp³-hybridized carbons (Fsp3) is 0.188. The highest BCUT2D eigenvalue weighted by molar-refractivity contribution is 6.31. The maximum atomic E-state index is 12.7. The molecule has 1 amide bonds. The minimum Gasteiger partial charge on any atom is -0.333 e. The molecule has 24 heavy (non-hydrogen) atoms. The Kier molecular flexibility index (Phi) is 5.82. The number of hydrogen-bond donors (Lipinski definition) is 0. The number of nitro benzene ring substituents is 1. The smallest absolute Gasteiger partial charge is 0.283 e. The zero-order chi connectivity index (χ0) is 17.5. The summed E-state index contributed by atoms with van der Waals surface area (Å²) in [6.07, 6.45) is 3.32. The summed E-state index contributed by atoms with van der Waals surface area (Å²) in [4.78, 5) is 28.6. The fourth-order valence-corrected chi connectivity index (χ4v) is 2.32. The van der Waals surface area contributed by atoms with E-state index >= 15 is 0 Å². The van der Waals surface area contributed by atoms with Crippen molar-refractivity contribution in [1.82, 2.24) is 9.88 Å². The summed E-state index contributed by atoms with van der Waals surface area (Å²) in [6.45, 7) is 0.359. The molecule has 0 saturated heterocycles. The molecule has 0 aliphatic heterocycles. The zero-order valence-corrected chi connectivity index (χ0v) is 13.3. The SMILES string of the molecule is N#CCCN(Cc1cccnc1)C(=O)c1ccc(Cl)cc1[N+](=O)[O-]. The van der Waals surface area contributed by atoms with E-state index < -0.39 is 10.8 Å². The van der Waals surface area contributed by atoms with Gasteiger partial charge >= 0.3 is 0 Å². The Bertz CT molecular complexity index is 790. The second-order valence-electron chi connectivity index (χ2n) is 4.91. The van der Waals surface area contributed by atoms with Crippen LogP contribution in [0.3, 0.4) is 0 Å². The van der Waals surface area contributed by atoms with Gasteiger partial charge in [0.2, 0.25) is 0 Å². The molecular formula is C16H13ClN4O3. The molecule has 0 radical (unpaired) electrons. The lowest BCUT2D eigenvalue weighted by molar-refractivity contribution is -0.385. The van der Waals surface area contributed by atoms with Gasteiger partial charge in [0.25, 0.3) is 11.6 Å². The monoisotopic (exact) mass is 344 g/mol. The van der Waals surface area contributed by atoms with E-state index in [-0.39, 0.29) is 35.8 Å². The van der Waals surface area contributed by atoms with Crippen molar-refractivity contribution in [2.24, 2.45) is 0 Å². The summed E-state index contributed by atoms with van der Waals surface area (Å²) in [7, 11) is 0. The van der Waals surface area contributed by atoms with Crippen LogP contribution in [0.1, 0.15) is 22.3 Å². The van der Waals surface area contributed by atoms with Gasteiger partial charge in [-0.25, -0.2) is 0 Å². The van der Waals surface area contributed by atoms with E-state index in [1.165, 1.54) is 17.0 Å². The predicted molar refractivity (Wildman–Crippen MR) is 87.3 cm³/mol. The number of pyridine rings is 1. The highest BCUT2D eigenvalue weighted by Crippen LogP contribution is 2.25. The maximum Gasteiger partial charge on any atom is 0.283 e. The van der Waals surface area contributed by atoms with Crippen molar-refractivity contribution in [3.05, 3.63) is 69.0 Å². The summed E-state index contributed by atoms with van der Waals surface area (Å²) in [5.41, 5.74) is 0.340. The van der Waals surface area contributed by atoms with Crippen molar-refractivity contribution < 1.29 is 9.72 Å². The average Bonchev–Trinajstić information content (AvgIpc) is 2.58. The molecule has 0 bridgehead atoms. The van der Waals surface area contributed by atoms with Gasteiger partial charge in [0.15, 0.2) is 0 Å². The number of amides is 1. The molecule has 122 valence electrons. The quantitative estimate of drug-likeness (QED) is 0.591. The van der Waals surface area contributed by atoms with Crippen molar-refractivity contribution in [2.45, 2.75) is 13.0 Å². The molecule has 0 N–H and O–H groups in total. The van der Waals surface area contributed by atoms with Gasteiger partial charge in [0, 0.05) is 36.6 Å². The van der Waals surface area contributed by atoms with E-state index in [1.54, 1.807) is 24.5 Å². The third kappa shape index (κ3) is 4.27. The van der Waals surface area contributed by atoms with E-state index in [1.807, 2.05) is 6.07 Å². The summed E-state index contributed by atoms with van der Waals surface area (Å²) >= 11 is 5.78. The van der Waals surface area contributed by atoms with Crippen molar-refractivity contribution in [3.8, 4) is 6.07 Å². The summed E-state index contributed by atoms with van der Waals surface area (Å²) in [6, 6.07) is 9.38. The Morgan fingerprint density at radius 2 is 2.21 bits per heavy atom. The molecule has 0 aliphatic rings. The zero-order valence-electron chi connectivity index (χ0n) is 12.6. The molecule has 1 heterocycles. The van der Waals surface area contributed by atoms with E-state index in [0.29, 0.717) is 0 Å². The Hall–Kier alpha value is -2.98. The molecule has 0 unspecified atom stereocenters. The number of halogens is 1. The number of nitriles is 1. The highest BCUT2D eigenvalue weighted by atomic mass is 35.5. The number of rotatable bonds is 6. The molecule has 1 aromatic heterocycles. The van der Waals surface area contributed by atoms with Gasteiger partial charge in [0.1, 0.15) is 5.56 Å². The van der Waals surface area contributed by atoms with Gasteiger partial charge in [-0.1, -0.05) is 17.7 Å². The van der Waals surface area contributed by atoms with Gasteiger partial charge < -0.3 is 4.90 Å². The van der Waals surface area contributed by atoms with Gasteiger partial charge in [-0.2, -0.15) is 5.26 Å². The van der Waals surface area contributed by atoms with E-state index in [4.69, 9.17) is 16.9 Å². The van der Waals surface area contributed by atoms with Gasteiger partial charge in [-0.05, 0) is 23.8 Å². The first kappa shape index (κ1) is 17.4. The number of aromatic nitrogens is 1. The average molecular weight is 345 g/mol. The Morgan fingerprint density at radius 1 is 1.42 bits per heavy atom. The van der Waals surface area contributed by atoms with Crippen molar-refractivity contribution in [3.63, 3.8) is 0 Å². The first-order valence-corrected chi connectivity index (χ1v) is 7.40. The second kappa shape index (κ2) is 8.04. The summed E-state index contributed by atoms with van der Waals surface area (Å²) in [5, 5.41) is 20.1. The van der Waals surface area contributed by atoms with E-state index in [2.05, 4.69) is 4.98 Å². The largest absolute Gasteiger partial charge is 0.333 e. The summed E-state index contributed by atoms with van der Waals surface area (Å²) < 4.78 is 0. The maximum absolute atomic E-state index is 12.7. The van der Waals surface area contributed by atoms with Crippen LogP contribution in [-0.4, -0.2) is 27.3 Å². The van der Waals surface area contributed by atoms with Crippen LogP contribution in [-0.2, 0) is 6.54 Å². The number of nitro groups is 1. The molecule has 0 saturated carbocycles. The molecule has 0 aliphatic carbocycles. The van der Waals surface area contributed by atoms with Crippen molar-refractivity contribution >= 4 is 23.2 Å². The molecular weight excluding hydrogens is 332 g/mol. The number of carbonyl (C=O) groups is 1. The first-order chi connectivity index (χ1) is 11.5. The van der Waals surface area contributed by atoms with E-state index in [9.17, 15) is 14.9 Å². The number of carbonyl (C=O) groups excluding carboxylic acids is 1. The van der Waals surface area contributed by atoms with Gasteiger partial charge in [0.05, 0.1) is 17.4 Å². The Morgan fingerprint density at radius 3 is 2.83 bits per heavy atom. The fourth-order valence-electron chi connectivity index (χ4n) is 2.16. The third-order valence-electron chi connectivity index (χ3n) is 3.26. The van der Waals surface area contributed by atoms with Crippen LogP contribution in [0.25, 0.3) is 0 Å². The minimum atomic E-state index is -0.647. The molecule has 8 heteroatoms. The number of benzene rings is 1. The topological polar surface area (TPSA) is 100 Å². The molecule has 1 aromatic carbocycles. The lowest BCUT2D eigenvalue weighted by atomic mass is 10.1. The van der Waals surface area contributed by atoms with Crippen LogP contribution in [0.2, 0.25) is 5.02 Å². The van der Waals surface area contributed by atoms with Crippen LogP contribution in [0.4, 0.5) is 5.69 Å². The Balaban J connectivity index is 2.34. The molecule has 0 atom stereocenters. The predicted octanol–water partition coefficient (Wildman–Crippen LogP) is 3.20. The van der Waals surface area contributed by atoms with Crippen LogP contribution in [0.5, 0.6) is 0 Å². The standard InChI is InChI=1S/C16H13ClN4O3/c17-13-4-5-14(15(9-13)21(23)24)16(22)20(8-2-6-18)11-12-3-1-7-19-10-12/h1,3-5,7,9-10H,2,8,11H2. The number of nitrogens with zero attached hydrogens (tertiary/aromatic N) is 4. The Labute approximate surface area is 143 Å². The van der Waals surface area contributed by atoms with Crippen LogP contribution < -0.4 is 0 Å². The molecule has 7 nitrogen and oxygen atoms in total. The van der Waals surface area contributed by atoms with Gasteiger partial charge in [-0.15, -0.1) is 0 Å². The van der Waals surface area contributed by atoms with Crippen LogP contribution in [0, 0.1) is 21.4 Å². The molecule has 2 rings (SSSR count).